The van der Waals surface area contributed by atoms with Crippen LogP contribution in [0.1, 0.15) is 6.42 Å². The molecule has 132 valence electrons. The highest BCUT2D eigenvalue weighted by Crippen LogP contribution is 2.57. The molecular weight excluding hydrogens is 320 g/mol. The standard InChI is InChI=1S/C18H34O3Si2/c1-10-11-18(13-21-3)14(12-20-2)16(22(4,5)6)15(19)17(18)23(7,8)9/h10,17H,1,11-13H2,2-9H3. The predicted octanol–water partition coefficient (Wildman–Crippen LogP) is 4.31. The number of allylic oxidation sites excluding steroid dienone is 2. The Morgan fingerprint density at radius 2 is 1.70 bits per heavy atom. The number of hydrogen-bond donors (Lipinski definition) is 0. The summed E-state index contributed by atoms with van der Waals surface area (Å²) in [5.74, 6) is 0.370. The summed E-state index contributed by atoms with van der Waals surface area (Å²) in [6.07, 6.45) is 2.72. The van der Waals surface area contributed by atoms with Crippen LogP contribution in [0.25, 0.3) is 0 Å². The van der Waals surface area contributed by atoms with Crippen molar-refractivity contribution in [2.24, 2.45) is 5.41 Å². The molecule has 0 aromatic rings. The third-order valence-corrected chi connectivity index (χ3v) is 9.37. The molecule has 0 fully saturated rings. The summed E-state index contributed by atoms with van der Waals surface area (Å²) in [4.78, 5) is 13.5. The van der Waals surface area contributed by atoms with E-state index in [9.17, 15) is 4.79 Å². The molecule has 23 heavy (non-hydrogen) atoms. The van der Waals surface area contributed by atoms with Gasteiger partial charge in [-0.05, 0) is 17.2 Å². The first-order valence-electron chi connectivity index (χ1n) is 8.34. The first kappa shape index (κ1) is 20.5. The highest BCUT2D eigenvalue weighted by Gasteiger charge is 2.58. The summed E-state index contributed by atoms with van der Waals surface area (Å²) in [5, 5.41) is 1.09. The molecule has 3 nitrogen and oxygen atoms in total. The summed E-state index contributed by atoms with van der Waals surface area (Å²) in [5.41, 5.74) is 0.960. The topological polar surface area (TPSA) is 35.5 Å². The van der Waals surface area contributed by atoms with E-state index < -0.39 is 16.1 Å². The zero-order chi connectivity index (χ0) is 18.1. The SMILES string of the molecule is C=CCC1(COC)C(COC)=C([Si](C)(C)C)C(=O)C1[Si](C)(C)C. The lowest BCUT2D eigenvalue weighted by atomic mass is 9.78. The number of hydrogen-bond acceptors (Lipinski definition) is 3. The van der Waals surface area contributed by atoms with Crippen LogP contribution in [0, 0.1) is 5.41 Å². The van der Waals surface area contributed by atoms with Crippen LogP contribution in [-0.2, 0) is 14.3 Å². The van der Waals surface area contributed by atoms with Crippen molar-refractivity contribution >= 4 is 21.9 Å². The molecule has 2 atom stereocenters. The van der Waals surface area contributed by atoms with Crippen molar-refractivity contribution in [3.63, 3.8) is 0 Å². The maximum Gasteiger partial charge on any atom is 0.156 e. The molecule has 0 saturated heterocycles. The van der Waals surface area contributed by atoms with Crippen molar-refractivity contribution in [2.45, 2.75) is 51.2 Å². The van der Waals surface area contributed by atoms with Gasteiger partial charge in [0.2, 0.25) is 0 Å². The van der Waals surface area contributed by atoms with Gasteiger partial charge in [0.1, 0.15) is 0 Å². The van der Waals surface area contributed by atoms with Crippen LogP contribution in [0.3, 0.4) is 0 Å². The quantitative estimate of drug-likeness (QED) is 0.481. The smallest absolute Gasteiger partial charge is 0.156 e. The van der Waals surface area contributed by atoms with Crippen molar-refractivity contribution in [1.29, 1.82) is 0 Å². The molecule has 0 saturated carbocycles. The first-order valence-corrected chi connectivity index (χ1v) is 15.4. The maximum atomic E-state index is 13.5. The van der Waals surface area contributed by atoms with E-state index in [0.29, 0.717) is 19.0 Å². The molecule has 0 aromatic heterocycles. The fraction of sp³-hybridized carbons (Fsp3) is 0.722. The van der Waals surface area contributed by atoms with Crippen molar-refractivity contribution in [3.8, 4) is 0 Å². The third-order valence-electron chi connectivity index (χ3n) is 4.78. The molecule has 0 aliphatic heterocycles. The Morgan fingerprint density at radius 3 is 2.04 bits per heavy atom. The van der Waals surface area contributed by atoms with E-state index in [-0.39, 0.29) is 11.0 Å². The fourth-order valence-corrected chi connectivity index (χ4v) is 9.58. The molecule has 5 heteroatoms. The fourth-order valence-electron chi connectivity index (χ4n) is 4.36. The molecule has 1 aliphatic rings. The van der Waals surface area contributed by atoms with Crippen LogP contribution >= 0.6 is 0 Å². The van der Waals surface area contributed by atoms with E-state index >= 15 is 0 Å². The van der Waals surface area contributed by atoms with Crippen molar-refractivity contribution < 1.29 is 14.3 Å². The zero-order valence-electron chi connectivity index (χ0n) is 16.2. The van der Waals surface area contributed by atoms with Crippen molar-refractivity contribution in [1.82, 2.24) is 0 Å². The molecule has 2 unspecified atom stereocenters. The maximum absolute atomic E-state index is 13.5. The molecule has 0 N–H and O–H groups in total. The van der Waals surface area contributed by atoms with Gasteiger partial charge in [-0.2, -0.15) is 0 Å². The van der Waals surface area contributed by atoms with Gasteiger partial charge in [-0.15, -0.1) is 6.58 Å². The lowest BCUT2D eigenvalue weighted by Gasteiger charge is -2.42. The van der Waals surface area contributed by atoms with Crippen LogP contribution in [0.4, 0.5) is 0 Å². The number of ether oxygens (including phenoxy) is 2. The summed E-state index contributed by atoms with van der Waals surface area (Å²) in [7, 11) is -0.0688. The number of ketones is 1. The molecule has 0 heterocycles. The van der Waals surface area contributed by atoms with E-state index in [0.717, 1.165) is 11.6 Å². The van der Waals surface area contributed by atoms with E-state index in [4.69, 9.17) is 9.47 Å². The van der Waals surface area contributed by atoms with Crippen molar-refractivity contribution in [3.05, 3.63) is 23.4 Å². The Hall–Kier alpha value is -0.496. The second kappa shape index (κ2) is 7.17. The summed E-state index contributed by atoms with van der Waals surface area (Å²) in [6.45, 7) is 18.7. The lowest BCUT2D eigenvalue weighted by molar-refractivity contribution is -0.116. The third kappa shape index (κ3) is 3.78. The average Bonchev–Trinajstić information content (AvgIpc) is 2.59. The Labute approximate surface area is 144 Å². The van der Waals surface area contributed by atoms with Gasteiger partial charge in [0.15, 0.2) is 5.78 Å². The second-order valence-corrected chi connectivity index (χ2v) is 19.1. The number of rotatable bonds is 8. The minimum atomic E-state index is -1.77. The van der Waals surface area contributed by atoms with E-state index in [1.54, 1.807) is 14.2 Å². The average molecular weight is 355 g/mol. The van der Waals surface area contributed by atoms with Gasteiger partial charge in [-0.3, -0.25) is 4.79 Å². The molecule has 0 spiro atoms. The van der Waals surface area contributed by atoms with Gasteiger partial charge in [-0.25, -0.2) is 0 Å². The number of methoxy groups -OCH3 is 2. The summed E-state index contributed by atoms with van der Waals surface area (Å²) < 4.78 is 11.2. The molecule has 0 amide bonds. The van der Waals surface area contributed by atoms with Gasteiger partial charge in [0.25, 0.3) is 0 Å². The number of carbonyl (C=O) groups is 1. The molecule has 0 aromatic carbocycles. The van der Waals surface area contributed by atoms with Gasteiger partial charge in [0, 0.05) is 25.2 Å². The summed E-state index contributed by atoms with van der Waals surface area (Å²) >= 11 is 0. The van der Waals surface area contributed by atoms with Crippen LogP contribution in [-0.4, -0.2) is 49.4 Å². The lowest BCUT2D eigenvalue weighted by Crippen LogP contribution is -2.45. The van der Waals surface area contributed by atoms with Gasteiger partial charge >= 0.3 is 0 Å². The monoisotopic (exact) mass is 354 g/mol. The first-order chi connectivity index (χ1) is 10.5. The molecule has 0 radical (unpaired) electrons. The van der Waals surface area contributed by atoms with Gasteiger partial charge < -0.3 is 9.47 Å². The highest BCUT2D eigenvalue weighted by molar-refractivity contribution is 6.91. The van der Waals surface area contributed by atoms with Crippen molar-refractivity contribution in [2.75, 3.05) is 27.4 Å². The predicted molar refractivity (Wildman–Crippen MR) is 103 cm³/mol. The van der Waals surface area contributed by atoms with Gasteiger partial charge in [-0.1, -0.05) is 45.4 Å². The second-order valence-electron chi connectivity index (χ2n) is 8.78. The van der Waals surface area contributed by atoms with E-state index in [2.05, 4.69) is 45.9 Å². The molecule has 1 rings (SSSR count). The van der Waals surface area contributed by atoms with Gasteiger partial charge in [0.05, 0.1) is 29.4 Å². The van der Waals surface area contributed by atoms with E-state index in [1.807, 2.05) is 6.08 Å². The molecular formula is C18H34O3Si2. The normalized spacial score (nSPS) is 26.1. The number of carbonyl (C=O) groups excluding carboxylic acids is 1. The highest BCUT2D eigenvalue weighted by atomic mass is 28.3. The largest absolute Gasteiger partial charge is 0.384 e. The van der Waals surface area contributed by atoms with Crippen LogP contribution in [0.5, 0.6) is 0 Å². The molecule has 0 bridgehead atoms. The van der Waals surface area contributed by atoms with Crippen LogP contribution in [0.2, 0.25) is 44.8 Å². The van der Waals surface area contributed by atoms with Crippen LogP contribution < -0.4 is 0 Å². The van der Waals surface area contributed by atoms with Crippen LogP contribution in [0.15, 0.2) is 23.4 Å². The van der Waals surface area contributed by atoms with E-state index in [1.165, 1.54) is 5.57 Å². The Morgan fingerprint density at radius 1 is 1.13 bits per heavy atom. The Balaban J connectivity index is 3.73. The number of Topliss-reactive ketones (excluding diaryl/α,β-unsaturated/α-hetero) is 1. The Bertz CT molecular complexity index is 497. The minimum absolute atomic E-state index is 0.0415. The zero-order valence-corrected chi connectivity index (χ0v) is 18.2. The summed E-state index contributed by atoms with van der Waals surface area (Å²) in [6, 6.07) is 0. The Kier molecular flexibility index (Phi) is 6.41. The molecule has 1 aliphatic carbocycles. The minimum Gasteiger partial charge on any atom is -0.384 e.